The summed E-state index contributed by atoms with van der Waals surface area (Å²) in [7, 11) is -3.83. The maximum absolute atomic E-state index is 12.4. The molecule has 1 heterocycles. The molecule has 0 aliphatic rings. The van der Waals surface area contributed by atoms with Crippen molar-refractivity contribution in [1.82, 2.24) is 9.97 Å². The van der Waals surface area contributed by atoms with E-state index in [2.05, 4.69) is 19.7 Å². The van der Waals surface area contributed by atoms with E-state index >= 15 is 0 Å². The standard InChI is InChI=1S/C18H15N5O4S/c1-13-9-10-19-18(21-13)22-28(26,27)17-7-5-15(6-8-17)20-12-14-3-2-4-16(11-14)23(24)25/h2-12H,1H3,(H,19,21,22). The summed E-state index contributed by atoms with van der Waals surface area (Å²) in [6.07, 6.45) is 2.93. The highest BCUT2D eigenvalue weighted by Gasteiger charge is 2.15. The Hall–Kier alpha value is -3.66. The molecule has 0 saturated carbocycles. The van der Waals surface area contributed by atoms with Crippen LogP contribution < -0.4 is 4.72 Å². The van der Waals surface area contributed by atoms with Crippen molar-refractivity contribution < 1.29 is 13.3 Å². The molecule has 0 fully saturated rings. The van der Waals surface area contributed by atoms with Gasteiger partial charge in [-0.2, -0.15) is 0 Å². The summed E-state index contributed by atoms with van der Waals surface area (Å²) in [4.78, 5) is 22.4. The van der Waals surface area contributed by atoms with Crippen LogP contribution in [-0.2, 0) is 10.0 Å². The number of sulfonamides is 1. The number of nitro groups is 1. The average Bonchev–Trinajstić information content (AvgIpc) is 2.66. The van der Waals surface area contributed by atoms with Crippen LogP contribution in [0.2, 0.25) is 0 Å². The van der Waals surface area contributed by atoms with Gasteiger partial charge >= 0.3 is 0 Å². The molecule has 0 radical (unpaired) electrons. The molecule has 0 amide bonds. The Morgan fingerprint density at radius 2 is 1.89 bits per heavy atom. The number of nitro benzene ring substituents is 1. The Morgan fingerprint density at radius 3 is 2.57 bits per heavy atom. The van der Waals surface area contributed by atoms with Gasteiger partial charge in [-0.3, -0.25) is 15.1 Å². The van der Waals surface area contributed by atoms with Crippen LogP contribution in [0.3, 0.4) is 0 Å². The van der Waals surface area contributed by atoms with E-state index in [0.717, 1.165) is 0 Å². The Bertz CT molecular complexity index is 1140. The van der Waals surface area contributed by atoms with Crippen molar-refractivity contribution in [3.05, 3.63) is 82.2 Å². The summed E-state index contributed by atoms with van der Waals surface area (Å²) in [5.74, 6) is -0.00670. The predicted octanol–water partition coefficient (Wildman–Crippen LogP) is 3.24. The molecule has 0 aliphatic heterocycles. The molecule has 9 nitrogen and oxygen atoms in total. The number of nitrogens with zero attached hydrogens (tertiary/aromatic N) is 4. The molecule has 0 bridgehead atoms. The van der Waals surface area contributed by atoms with Crippen LogP contribution in [0.25, 0.3) is 0 Å². The maximum atomic E-state index is 12.4. The number of aryl methyl sites for hydroxylation is 1. The van der Waals surface area contributed by atoms with Crippen molar-refractivity contribution in [3.8, 4) is 0 Å². The first-order chi connectivity index (χ1) is 13.3. The van der Waals surface area contributed by atoms with Crippen LogP contribution in [0.15, 0.2) is 70.7 Å². The molecule has 2 aromatic carbocycles. The minimum absolute atomic E-state index is 0.00670. The lowest BCUT2D eigenvalue weighted by Crippen LogP contribution is -2.15. The normalized spacial score (nSPS) is 11.5. The molecule has 142 valence electrons. The summed E-state index contributed by atoms with van der Waals surface area (Å²) in [6, 6.07) is 13.5. The smallest absolute Gasteiger partial charge is 0.258 e. The molecular weight excluding hydrogens is 382 g/mol. The molecule has 1 aromatic heterocycles. The molecule has 0 aliphatic carbocycles. The van der Waals surface area contributed by atoms with E-state index in [1.165, 1.54) is 48.8 Å². The summed E-state index contributed by atoms with van der Waals surface area (Å²) in [5.41, 5.74) is 1.66. The molecule has 0 spiro atoms. The Balaban J connectivity index is 1.75. The molecule has 0 atom stereocenters. The third-order valence-corrected chi connectivity index (χ3v) is 4.96. The highest BCUT2D eigenvalue weighted by Crippen LogP contribution is 2.19. The van der Waals surface area contributed by atoms with Gasteiger partial charge in [0, 0.05) is 30.2 Å². The molecule has 1 N–H and O–H groups in total. The SMILES string of the molecule is Cc1ccnc(NS(=O)(=O)c2ccc(N=Cc3cccc([N+](=O)[O-])c3)cc2)n1. The fourth-order valence-corrected chi connectivity index (χ4v) is 3.21. The number of non-ortho nitro benzene ring substituents is 1. The highest BCUT2D eigenvalue weighted by molar-refractivity contribution is 7.92. The number of benzene rings is 2. The topological polar surface area (TPSA) is 127 Å². The Morgan fingerprint density at radius 1 is 1.14 bits per heavy atom. The van der Waals surface area contributed by atoms with Crippen LogP contribution in [0.1, 0.15) is 11.3 Å². The molecule has 10 heteroatoms. The predicted molar refractivity (Wildman–Crippen MR) is 104 cm³/mol. The van der Waals surface area contributed by atoms with Gasteiger partial charge in [0.1, 0.15) is 0 Å². The molecule has 0 unspecified atom stereocenters. The van der Waals surface area contributed by atoms with E-state index in [1.54, 1.807) is 25.1 Å². The second-order valence-corrected chi connectivity index (χ2v) is 7.41. The quantitative estimate of drug-likeness (QED) is 0.386. The van der Waals surface area contributed by atoms with E-state index in [0.29, 0.717) is 16.9 Å². The molecule has 0 saturated heterocycles. The van der Waals surface area contributed by atoms with Crippen LogP contribution >= 0.6 is 0 Å². The van der Waals surface area contributed by atoms with Crippen LogP contribution in [0.5, 0.6) is 0 Å². The number of nitrogens with one attached hydrogen (secondary N) is 1. The van der Waals surface area contributed by atoms with Gasteiger partial charge in [0.15, 0.2) is 0 Å². The van der Waals surface area contributed by atoms with Crippen LogP contribution in [0.4, 0.5) is 17.3 Å². The van der Waals surface area contributed by atoms with E-state index < -0.39 is 14.9 Å². The lowest BCUT2D eigenvalue weighted by Gasteiger charge is -2.07. The zero-order chi connectivity index (χ0) is 20.1. The van der Waals surface area contributed by atoms with Gasteiger partial charge in [0.05, 0.1) is 15.5 Å². The van der Waals surface area contributed by atoms with Gasteiger partial charge in [0.25, 0.3) is 15.7 Å². The highest BCUT2D eigenvalue weighted by atomic mass is 32.2. The zero-order valence-electron chi connectivity index (χ0n) is 14.7. The van der Waals surface area contributed by atoms with Gasteiger partial charge < -0.3 is 0 Å². The fraction of sp³-hybridized carbons (Fsp3) is 0.0556. The Kier molecular flexibility index (Phi) is 5.41. The summed E-state index contributed by atoms with van der Waals surface area (Å²) >= 11 is 0. The van der Waals surface area contributed by atoms with Crippen LogP contribution in [-0.4, -0.2) is 29.5 Å². The van der Waals surface area contributed by atoms with Crippen molar-refractivity contribution in [1.29, 1.82) is 0 Å². The average molecular weight is 397 g/mol. The van der Waals surface area contributed by atoms with Crippen molar-refractivity contribution in [2.24, 2.45) is 4.99 Å². The van der Waals surface area contributed by atoms with Crippen molar-refractivity contribution in [2.45, 2.75) is 11.8 Å². The molecule has 3 rings (SSSR count). The number of anilines is 1. The lowest BCUT2D eigenvalue weighted by atomic mass is 10.2. The van der Waals surface area contributed by atoms with Crippen molar-refractivity contribution in [2.75, 3.05) is 4.72 Å². The van der Waals surface area contributed by atoms with Gasteiger partial charge in [-0.25, -0.2) is 23.1 Å². The second kappa shape index (κ2) is 7.92. The van der Waals surface area contributed by atoms with Crippen LogP contribution in [0, 0.1) is 17.0 Å². The third kappa shape index (κ3) is 4.74. The maximum Gasteiger partial charge on any atom is 0.270 e. The molecule has 3 aromatic rings. The van der Waals surface area contributed by atoms with E-state index in [-0.39, 0.29) is 16.5 Å². The van der Waals surface area contributed by atoms with E-state index in [4.69, 9.17) is 0 Å². The number of aliphatic imine (C=N–C) groups is 1. The summed E-state index contributed by atoms with van der Waals surface area (Å²) in [6.45, 7) is 1.73. The first-order valence-electron chi connectivity index (χ1n) is 8.04. The fourth-order valence-electron chi connectivity index (χ4n) is 2.26. The van der Waals surface area contributed by atoms with Gasteiger partial charge in [-0.05, 0) is 42.8 Å². The van der Waals surface area contributed by atoms with Crippen molar-refractivity contribution >= 4 is 33.6 Å². The monoisotopic (exact) mass is 397 g/mol. The Labute approximate surface area is 161 Å². The number of hydrogen-bond acceptors (Lipinski definition) is 7. The third-order valence-electron chi connectivity index (χ3n) is 3.61. The first kappa shape index (κ1) is 19.1. The second-order valence-electron chi connectivity index (χ2n) is 5.73. The number of aromatic nitrogens is 2. The first-order valence-corrected chi connectivity index (χ1v) is 9.53. The summed E-state index contributed by atoms with van der Waals surface area (Å²) in [5, 5.41) is 10.8. The lowest BCUT2D eigenvalue weighted by molar-refractivity contribution is -0.384. The molecule has 28 heavy (non-hydrogen) atoms. The van der Waals surface area contributed by atoms with Gasteiger partial charge in [-0.15, -0.1) is 0 Å². The van der Waals surface area contributed by atoms with Gasteiger partial charge in [-0.1, -0.05) is 12.1 Å². The zero-order valence-corrected chi connectivity index (χ0v) is 15.5. The van der Waals surface area contributed by atoms with E-state index in [9.17, 15) is 18.5 Å². The largest absolute Gasteiger partial charge is 0.270 e. The number of hydrogen-bond donors (Lipinski definition) is 1. The minimum atomic E-state index is -3.83. The molecular formula is C18H15N5O4S. The minimum Gasteiger partial charge on any atom is -0.258 e. The van der Waals surface area contributed by atoms with Gasteiger partial charge in [0.2, 0.25) is 5.95 Å². The van der Waals surface area contributed by atoms with E-state index in [1.807, 2.05) is 0 Å². The summed E-state index contributed by atoms with van der Waals surface area (Å²) < 4.78 is 27.1. The van der Waals surface area contributed by atoms with Crippen molar-refractivity contribution in [3.63, 3.8) is 0 Å². The number of rotatable bonds is 6.